The second-order valence-corrected chi connectivity index (χ2v) is 9.31. The summed E-state index contributed by atoms with van der Waals surface area (Å²) in [5, 5.41) is 16.2. The summed E-state index contributed by atoms with van der Waals surface area (Å²) in [6.07, 6.45) is 3.87. The van der Waals surface area contributed by atoms with E-state index in [4.69, 9.17) is 9.32 Å². The van der Waals surface area contributed by atoms with Crippen LogP contribution in [-0.4, -0.2) is 47.8 Å². The summed E-state index contributed by atoms with van der Waals surface area (Å²) >= 11 is 0. The molecule has 1 fully saturated rings. The van der Waals surface area contributed by atoms with E-state index < -0.39 is 16.4 Å². The maximum Gasteiger partial charge on any atom is 0.333 e. The number of fused-ring (bicyclic) bond motifs is 1. The first-order valence-electron chi connectivity index (χ1n) is 10.2. The molecule has 166 valence electrons. The Balaban J connectivity index is 1.58. The normalized spacial score (nSPS) is 22.6. The van der Waals surface area contributed by atoms with Gasteiger partial charge in [0.2, 0.25) is 0 Å². The maximum absolute atomic E-state index is 11.1. The predicted octanol–water partition coefficient (Wildman–Crippen LogP) is 2.16. The van der Waals surface area contributed by atoms with Crippen LogP contribution >= 0.6 is 0 Å². The summed E-state index contributed by atoms with van der Waals surface area (Å²) in [6.45, 7) is 2.00. The largest absolute Gasteiger partial charge is 0.393 e. The van der Waals surface area contributed by atoms with Gasteiger partial charge in [0.15, 0.2) is 0 Å². The highest BCUT2D eigenvalue weighted by molar-refractivity contribution is 7.84. The molecule has 1 aliphatic carbocycles. The Hall–Kier alpha value is -2.53. The van der Waals surface area contributed by atoms with Gasteiger partial charge in [-0.2, -0.15) is 8.42 Å². The van der Waals surface area contributed by atoms with Crippen molar-refractivity contribution >= 4 is 27.2 Å². The van der Waals surface area contributed by atoms with Crippen LogP contribution in [0.5, 0.6) is 0 Å². The van der Waals surface area contributed by atoms with Gasteiger partial charge in [-0.3, -0.25) is 4.18 Å². The molecule has 31 heavy (non-hydrogen) atoms. The number of nitrogens with zero attached hydrogens (tertiary/aromatic N) is 4. The number of nitrogens with two attached hydrogens (primary N) is 1. The van der Waals surface area contributed by atoms with Crippen LogP contribution in [-0.2, 0) is 14.5 Å². The van der Waals surface area contributed by atoms with Gasteiger partial charge in [-0.15, -0.1) is 0 Å². The highest BCUT2D eigenvalue weighted by Gasteiger charge is 2.35. The number of hydrogen-bond donors (Lipinski definition) is 2. The standard InChI is InChI=1S/C21H27N5O4S/c1-14(15-6-4-3-5-7-15)25(2)20-18-8-9-26(21(18)24-13-23-20)17-10-16(19(27)11-17)12-30-31(22,28)29/h3-9,13-14,16-17,19,27H,10-12H2,1-2H3,(H2,22,28,29)/t14-,16-,17+,19-/m0/s1. The van der Waals surface area contributed by atoms with Crippen LogP contribution < -0.4 is 10.0 Å². The minimum absolute atomic E-state index is 0.0267. The number of anilines is 1. The van der Waals surface area contributed by atoms with Crippen LogP contribution in [0.15, 0.2) is 48.9 Å². The van der Waals surface area contributed by atoms with Crippen molar-refractivity contribution in [3.63, 3.8) is 0 Å². The molecule has 2 aromatic heterocycles. The summed E-state index contributed by atoms with van der Waals surface area (Å²) in [4.78, 5) is 11.1. The lowest BCUT2D eigenvalue weighted by Crippen LogP contribution is -2.24. The number of benzene rings is 1. The molecule has 0 bridgehead atoms. The molecule has 1 aromatic carbocycles. The molecule has 0 unspecified atom stereocenters. The third kappa shape index (κ3) is 4.57. The fourth-order valence-corrected chi connectivity index (χ4v) is 4.70. The van der Waals surface area contributed by atoms with E-state index in [2.05, 4.69) is 33.9 Å². The van der Waals surface area contributed by atoms with E-state index in [1.807, 2.05) is 42.1 Å². The van der Waals surface area contributed by atoms with E-state index in [1.165, 1.54) is 5.56 Å². The van der Waals surface area contributed by atoms with Crippen LogP contribution in [0, 0.1) is 5.92 Å². The molecule has 3 N–H and O–H groups in total. The molecule has 4 rings (SSSR count). The Morgan fingerprint density at radius 2 is 2.00 bits per heavy atom. The lowest BCUT2D eigenvalue weighted by Gasteiger charge is -2.27. The van der Waals surface area contributed by atoms with Gasteiger partial charge in [0.05, 0.1) is 24.1 Å². The van der Waals surface area contributed by atoms with E-state index in [0.29, 0.717) is 12.8 Å². The lowest BCUT2D eigenvalue weighted by molar-refractivity contribution is 0.100. The molecule has 4 atom stereocenters. The van der Waals surface area contributed by atoms with Crippen LogP contribution in [0.25, 0.3) is 11.0 Å². The highest BCUT2D eigenvalue weighted by Crippen LogP contribution is 2.38. The van der Waals surface area contributed by atoms with Gasteiger partial charge in [0, 0.05) is 25.2 Å². The zero-order valence-electron chi connectivity index (χ0n) is 17.5. The topological polar surface area (TPSA) is 124 Å². The quantitative estimate of drug-likeness (QED) is 0.571. The van der Waals surface area contributed by atoms with Crippen molar-refractivity contribution in [1.82, 2.24) is 14.5 Å². The Morgan fingerprint density at radius 3 is 2.71 bits per heavy atom. The predicted molar refractivity (Wildman–Crippen MR) is 118 cm³/mol. The molecule has 0 aliphatic heterocycles. The minimum Gasteiger partial charge on any atom is -0.393 e. The van der Waals surface area contributed by atoms with Gasteiger partial charge in [-0.25, -0.2) is 15.1 Å². The van der Waals surface area contributed by atoms with Gasteiger partial charge in [0.25, 0.3) is 0 Å². The van der Waals surface area contributed by atoms with Crippen LogP contribution in [0.2, 0.25) is 0 Å². The fourth-order valence-electron chi connectivity index (χ4n) is 4.33. The maximum atomic E-state index is 11.1. The van der Waals surface area contributed by atoms with Crippen molar-refractivity contribution < 1.29 is 17.7 Å². The minimum atomic E-state index is -4.03. The number of aliphatic hydroxyl groups excluding tert-OH is 1. The monoisotopic (exact) mass is 445 g/mol. The number of rotatable bonds is 7. The molecule has 1 aliphatic rings. The lowest BCUT2D eigenvalue weighted by atomic mass is 10.1. The molecule has 0 spiro atoms. The molecular weight excluding hydrogens is 418 g/mol. The third-order valence-corrected chi connectivity index (χ3v) is 6.62. The van der Waals surface area contributed by atoms with Crippen LogP contribution in [0.1, 0.15) is 37.4 Å². The Kier molecular flexibility index (Phi) is 5.98. The number of aliphatic hydroxyl groups is 1. The Morgan fingerprint density at radius 1 is 1.26 bits per heavy atom. The third-order valence-electron chi connectivity index (χ3n) is 6.16. The fraction of sp³-hybridized carbons (Fsp3) is 0.429. The van der Waals surface area contributed by atoms with E-state index in [0.717, 1.165) is 16.9 Å². The smallest absolute Gasteiger partial charge is 0.333 e. The average molecular weight is 446 g/mol. The first-order valence-corrected chi connectivity index (χ1v) is 11.7. The number of aromatic nitrogens is 3. The average Bonchev–Trinajstić information content (AvgIpc) is 3.34. The van der Waals surface area contributed by atoms with Crippen molar-refractivity contribution in [3.05, 3.63) is 54.5 Å². The highest BCUT2D eigenvalue weighted by atomic mass is 32.2. The summed E-state index contributed by atoms with van der Waals surface area (Å²) in [7, 11) is -2.02. The van der Waals surface area contributed by atoms with Gasteiger partial charge in [-0.1, -0.05) is 30.3 Å². The summed E-state index contributed by atoms with van der Waals surface area (Å²) in [6, 6.07) is 12.3. The molecule has 10 heteroatoms. The van der Waals surface area contributed by atoms with Crippen molar-refractivity contribution in [3.8, 4) is 0 Å². The summed E-state index contributed by atoms with van der Waals surface area (Å²) in [5.41, 5.74) is 1.97. The van der Waals surface area contributed by atoms with Crippen LogP contribution in [0.3, 0.4) is 0 Å². The first-order chi connectivity index (χ1) is 14.7. The van der Waals surface area contributed by atoms with E-state index in [-0.39, 0.29) is 24.6 Å². The van der Waals surface area contributed by atoms with E-state index >= 15 is 0 Å². The van der Waals surface area contributed by atoms with E-state index in [1.54, 1.807) is 6.33 Å². The van der Waals surface area contributed by atoms with Crippen molar-refractivity contribution in [2.24, 2.45) is 11.1 Å². The van der Waals surface area contributed by atoms with Gasteiger partial charge in [-0.05, 0) is 31.4 Å². The van der Waals surface area contributed by atoms with Gasteiger partial charge >= 0.3 is 10.3 Å². The molecule has 0 radical (unpaired) electrons. The van der Waals surface area contributed by atoms with Crippen LogP contribution in [0.4, 0.5) is 5.82 Å². The van der Waals surface area contributed by atoms with Crippen molar-refractivity contribution in [2.75, 3.05) is 18.6 Å². The molecule has 9 nitrogen and oxygen atoms in total. The zero-order valence-corrected chi connectivity index (χ0v) is 18.3. The number of hydrogen-bond acceptors (Lipinski definition) is 7. The van der Waals surface area contributed by atoms with Gasteiger partial charge < -0.3 is 14.6 Å². The molecule has 3 aromatic rings. The molecule has 0 amide bonds. The summed E-state index contributed by atoms with van der Waals surface area (Å²) < 4.78 is 28.9. The molecular formula is C21H27N5O4S. The van der Waals surface area contributed by atoms with Crippen molar-refractivity contribution in [1.29, 1.82) is 0 Å². The first kappa shape index (κ1) is 21.7. The summed E-state index contributed by atoms with van der Waals surface area (Å²) in [5.74, 6) is 0.510. The van der Waals surface area contributed by atoms with E-state index in [9.17, 15) is 13.5 Å². The SMILES string of the molecule is C[C@@H](c1ccccc1)N(C)c1ncnc2c1ccn2[C@@H]1C[C@@H](COS(N)(=O)=O)[C@@H](O)C1. The second kappa shape index (κ2) is 8.54. The van der Waals surface area contributed by atoms with Crippen molar-refractivity contribution in [2.45, 2.75) is 38.0 Å². The zero-order chi connectivity index (χ0) is 22.2. The Labute approximate surface area is 181 Å². The Bertz CT molecular complexity index is 1150. The van der Waals surface area contributed by atoms with Gasteiger partial charge in [0.1, 0.15) is 17.8 Å². The second-order valence-electron chi connectivity index (χ2n) is 8.09. The molecule has 0 saturated heterocycles. The molecule has 1 saturated carbocycles. The molecule has 2 heterocycles.